The SMILES string of the molecule is [N-]=[N+]=NCC=Cc1c(F)cc(C(=O)O)cc1F. The fraction of sp³-hybridized carbons (Fsp3) is 0.100. The molecule has 0 heterocycles. The molecule has 0 amide bonds. The van der Waals surface area contributed by atoms with Gasteiger partial charge < -0.3 is 5.11 Å². The lowest BCUT2D eigenvalue weighted by molar-refractivity contribution is 0.0695. The molecule has 1 rings (SSSR count). The van der Waals surface area contributed by atoms with E-state index < -0.39 is 23.2 Å². The molecular formula is C10H7F2N3O2. The van der Waals surface area contributed by atoms with Gasteiger partial charge in [0.2, 0.25) is 0 Å². The van der Waals surface area contributed by atoms with Crippen molar-refractivity contribution >= 4 is 12.0 Å². The molecule has 0 aliphatic rings. The van der Waals surface area contributed by atoms with Gasteiger partial charge in [-0.25, -0.2) is 13.6 Å². The standard InChI is InChI=1S/C10H7F2N3O2/c11-8-4-6(10(16)17)5-9(12)7(8)2-1-3-14-15-13/h1-2,4-5H,3H2,(H,16,17). The maximum absolute atomic E-state index is 13.3. The van der Waals surface area contributed by atoms with Gasteiger partial charge in [-0.15, -0.1) is 0 Å². The van der Waals surface area contributed by atoms with Crippen molar-refractivity contribution in [3.63, 3.8) is 0 Å². The van der Waals surface area contributed by atoms with E-state index in [9.17, 15) is 13.6 Å². The Morgan fingerprint density at radius 3 is 2.53 bits per heavy atom. The quantitative estimate of drug-likeness (QED) is 0.497. The summed E-state index contributed by atoms with van der Waals surface area (Å²) in [4.78, 5) is 13.0. The maximum atomic E-state index is 13.3. The molecule has 1 aromatic carbocycles. The molecular weight excluding hydrogens is 232 g/mol. The number of benzene rings is 1. The first-order chi connectivity index (χ1) is 8.06. The van der Waals surface area contributed by atoms with E-state index in [0.717, 1.165) is 18.2 Å². The van der Waals surface area contributed by atoms with Crippen LogP contribution in [0.3, 0.4) is 0 Å². The second-order valence-electron chi connectivity index (χ2n) is 2.97. The molecule has 0 atom stereocenters. The zero-order valence-corrected chi connectivity index (χ0v) is 8.47. The first-order valence-electron chi connectivity index (χ1n) is 4.46. The smallest absolute Gasteiger partial charge is 0.335 e. The van der Waals surface area contributed by atoms with Crippen molar-refractivity contribution < 1.29 is 18.7 Å². The second kappa shape index (κ2) is 5.62. The lowest BCUT2D eigenvalue weighted by Gasteiger charge is -2.01. The molecule has 0 spiro atoms. The Morgan fingerprint density at radius 1 is 1.47 bits per heavy atom. The highest BCUT2D eigenvalue weighted by molar-refractivity contribution is 5.88. The monoisotopic (exact) mass is 239 g/mol. The highest BCUT2D eigenvalue weighted by Crippen LogP contribution is 2.17. The zero-order chi connectivity index (χ0) is 12.8. The van der Waals surface area contributed by atoms with E-state index in [-0.39, 0.29) is 12.1 Å². The third-order valence-corrected chi connectivity index (χ3v) is 1.86. The minimum absolute atomic E-state index is 0.0456. The Kier molecular flexibility index (Phi) is 4.19. The minimum atomic E-state index is -1.41. The number of nitrogens with zero attached hydrogens (tertiary/aromatic N) is 3. The van der Waals surface area contributed by atoms with E-state index in [2.05, 4.69) is 10.0 Å². The number of carboxylic acids is 1. The van der Waals surface area contributed by atoms with Crippen LogP contribution in [0.5, 0.6) is 0 Å². The number of halogens is 2. The molecule has 7 heteroatoms. The molecule has 0 bridgehead atoms. The second-order valence-corrected chi connectivity index (χ2v) is 2.97. The van der Waals surface area contributed by atoms with Crippen LogP contribution in [0.4, 0.5) is 8.78 Å². The third-order valence-electron chi connectivity index (χ3n) is 1.86. The predicted octanol–water partition coefficient (Wildman–Crippen LogP) is 2.99. The van der Waals surface area contributed by atoms with Crippen LogP contribution < -0.4 is 0 Å². The molecule has 0 aromatic heterocycles. The Balaban J connectivity index is 3.05. The van der Waals surface area contributed by atoms with Crippen LogP contribution in [-0.4, -0.2) is 17.6 Å². The summed E-state index contributed by atoms with van der Waals surface area (Å²) in [5.41, 5.74) is 7.14. The van der Waals surface area contributed by atoms with E-state index in [0.29, 0.717) is 0 Å². The molecule has 0 aliphatic carbocycles. The predicted molar refractivity (Wildman–Crippen MR) is 56.4 cm³/mol. The van der Waals surface area contributed by atoms with E-state index >= 15 is 0 Å². The van der Waals surface area contributed by atoms with Gasteiger partial charge in [-0.05, 0) is 17.7 Å². The van der Waals surface area contributed by atoms with Crippen LogP contribution in [0.2, 0.25) is 0 Å². The molecule has 0 saturated carbocycles. The summed E-state index contributed by atoms with van der Waals surface area (Å²) in [5, 5.41) is 11.7. The van der Waals surface area contributed by atoms with Crippen molar-refractivity contribution in [2.75, 3.05) is 6.54 Å². The van der Waals surface area contributed by atoms with Gasteiger partial charge >= 0.3 is 5.97 Å². The van der Waals surface area contributed by atoms with Crippen LogP contribution in [0.15, 0.2) is 23.3 Å². The molecule has 0 saturated heterocycles. The van der Waals surface area contributed by atoms with Crippen molar-refractivity contribution in [2.45, 2.75) is 0 Å². The van der Waals surface area contributed by atoms with E-state index in [1.165, 1.54) is 6.08 Å². The van der Waals surface area contributed by atoms with Crippen LogP contribution in [0, 0.1) is 11.6 Å². The van der Waals surface area contributed by atoms with Gasteiger partial charge in [-0.3, -0.25) is 0 Å². The van der Waals surface area contributed by atoms with Gasteiger partial charge in [0.15, 0.2) is 0 Å². The van der Waals surface area contributed by atoms with Gasteiger partial charge in [0.1, 0.15) is 11.6 Å². The summed E-state index contributed by atoms with van der Waals surface area (Å²) in [6.45, 7) is -0.0456. The molecule has 0 radical (unpaired) electrons. The van der Waals surface area contributed by atoms with Crippen molar-refractivity contribution in [3.05, 3.63) is 51.4 Å². The average Bonchev–Trinajstić information content (AvgIpc) is 2.26. The number of carboxylic acid groups (broad SMARTS) is 1. The van der Waals surface area contributed by atoms with Crippen molar-refractivity contribution in [2.24, 2.45) is 5.11 Å². The maximum Gasteiger partial charge on any atom is 0.335 e. The van der Waals surface area contributed by atoms with Gasteiger partial charge in [0.25, 0.3) is 0 Å². The number of carbonyl (C=O) groups is 1. The van der Waals surface area contributed by atoms with E-state index in [1.807, 2.05) is 0 Å². The van der Waals surface area contributed by atoms with Crippen molar-refractivity contribution in [3.8, 4) is 0 Å². The highest BCUT2D eigenvalue weighted by atomic mass is 19.1. The first-order valence-corrected chi connectivity index (χ1v) is 4.46. The van der Waals surface area contributed by atoms with E-state index in [1.54, 1.807) is 0 Å². The van der Waals surface area contributed by atoms with Gasteiger partial charge in [-0.1, -0.05) is 17.3 Å². The molecule has 0 aliphatic heterocycles. The molecule has 88 valence electrons. The number of hydrogen-bond acceptors (Lipinski definition) is 2. The number of rotatable bonds is 4. The number of aromatic carboxylic acids is 1. The summed E-state index contributed by atoms with van der Waals surface area (Å²) in [6.07, 6.45) is 2.35. The lowest BCUT2D eigenvalue weighted by Crippen LogP contribution is -2.00. The summed E-state index contributed by atoms with van der Waals surface area (Å²) in [6, 6.07) is 1.44. The summed E-state index contributed by atoms with van der Waals surface area (Å²) < 4.78 is 26.6. The third kappa shape index (κ3) is 3.29. The molecule has 17 heavy (non-hydrogen) atoms. The van der Waals surface area contributed by atoms with Crippen LogP contribution >= 0.6 is 0 Å². The molecule has 1 N–H and O–H groups in total. The normalized spacial score (nSPS) is 10.2. The van der Waals surface area contributed by atoms with Gasteiger partial charge in [0, 0.05) is 17.0 Å². The Bertz CT molecular complexity index is 499. The minimum Gasteiger partial charge on any atom is -0.478 e. The summed E-state index contributed by atoms with van der Waals surface area (Å²) in [5.74, 6) is -3.38. The van der Waals surface area contributed by atoms with Crippen LogP contribution in [0.1, 0.15) is 15.9 Å². The number of hydrogen-bond donors (Lipinski definition) is 1. The largest absolute Gasteiger partial charge is 0.478 e. The Morgan fingerprint density at radius 2 is 2.06 bits per heavy atom. The van der Waals surface area contributed by atoms with Gasteiger partial charge in [-0.2, -0.15) is 0 Å². The Labute approximate surface area is 94.6 Å². The highest BCUT2D eigenvalue weighted by Gasteiger charge is 2.12. The summed E-state index contributed by atoms with van der Waals surface area (Å²) >= 11 is 0. The lowest BCUT2D eigenvalue weighted by atomic mass is 10.1. The number of azide groups is 1. The van der Waals surface area contributed by atoms with Crippen molar-refractivity contribution in [1.29, 1.82) is 0 Å². The molecule has 0 unspecified atom stereocenters. The first kappa shape index (κ1) is 12.7. The van der Waals surface area contributed by atoms with E-state index in [4.69, 9.17) is 10.6 Å². The average molecular weight is 239 g/mol. The zero-order valence-electron chi connectivity index (χ0n) is 8.47. The summed E-state index contributed by atoms with van der Waals surface area (Å²) in [7, 11) is 0. The fourth-order valence-corrected chi connectivity index (χ4v) is 1.12. The van der Waals surface area contributed by atoms with Gasteiger partial charge in [0.05, 0.1) is 5.56 Å². The van der Waals surface area contributed by atoms with Crippen LogP contribution in [0.25, 0.3) is 16.5 Å². The molecule has 5 nitrogen and oxygen atoms in total. The molecule has 0 fully saturated rings. The molecule has 1 aromatic rings. The Hall–Kier alpha value is -2.40. The van der Waals surface area contributed by atoms with Crippen molar-refractivity contribution in [1.82, 2.24) is 0 Å². The topological polar surface area (TPSA) is 86.1 Å². The fourth-order valence-electron chi connectivity index (χ4n) is 1.12. The van der Waals surface area contributed by atoms with Crippen LogP contribution in [-0.2, 0) is 0 Å².